The molecule has 1 aliphatic rings. The van der Waals surface area contributed by atoms with Gasteiger partial charge in [-0.1, -0.05) is 38.1 Å². The lowest BCUT2D eigenvalue weighted by Gasteiger charge is -2.38. The number of nitrogen functional groups attached to an aromatic ring is 1. The van der Waals surface area contributed by atoms with E-state index in [9.17, 15) is 9.59 Å². The van der Waals surface area contributed by atoms with Crippen LogP contribution in [-0.2, 0) is 4.79 Å². The minimum Gasteiger partial charge on any atom is -0.457 e. The second-order valence-electron chi connectivity index (χ2n) is 9.11. The van der Waals surface area contributed by atoms with Crippen LogP contribution in [0.2, 0.25) is 0 Å². The van der Waals surface area contributed by atoms with Crippen molar-refractivity contribution in [2.24, 2.45) is 0 Å². The van der Waals surface area contributed by atoms with Gasteiger partial charge in [0.1, 0.15) is 23.3 Å². The number of rotatable bonds is 9. The number of aromatic nitrogens is 4. The van der Waals surface area contributed by atoms with Crippen molar-refractivity contribution in [3.8, 4) is 17.2 Å². The number of benzene rings is 2. The lowest BCUT2D eigenvalue weighted by molar-refractivity contribution is -0.131. The van der Waals surface area contributed by atoms with Gasteiger partial charge in [-0.25, -0.2) is 14.8 Å². The number of likely N-dealkylation sites (N-methyl/N-ethyl adjacent to an activating group) is 1. The number of amides is 1. The second-order valence-corrected chi connectivity index (χ2v) is 9.11. The molecule has 196 valence electrons. The first kappa shape index (κ1) is 25.2. The summed E-state index contributed by atoms with van der Waals surface area (Å²) in [5.41, 5.74) is 7.45. The number of para-hydroxylation sites is 1. The van der Waals surface area contributed by atoms with Gasteiger partial charge in [0.15, 0.2) is 11.5 Å². The van der Waals surface area contributed by atoms with Crippen LogP contribution in [0.3, 0.4) is 0 Å². The third-order valence-electron chi connectivity index (χ3n) is 6.81. The number of imidazole rings is 1. The van der Waals surface area contributed by atoms with E-state index in [1.54, 1.807) is 39.8 Å². The molecule has 4 aromatic rings. The van der Waals surface area contributed by atoms with Crippen molar-refractivity contribution < 1.29 is 9.53 Å². The van der Waals surface area contributed by atoms with Crippen LogP contribution in [-0.4, -0.2) is 67.5 Å². The third-order valence-corrected chi connectivity index (χ3v) is 6.81. The summed E-state index contributed by atoms with van der Waals surface area (Å²) in [5.74, 6) is 1.51. The Labute approximate surface area is 220 Å². The first-order chi connectivity index (χ1) is 18.5. The molecule has 0 aliphatic carbocycles. The minimum absolute atomic E-state index is 0.0617. The molecule has 3 heterocycles. The van der Waals surface area contributed by atoms with Crippen LogP contribution < -0.4 is 16.2 Å². The van der Waals surface area contributed by atoms with Crippen LogP contribution in [0.1, 0.15) is 19.9 Å². The van der Waals surface area contributed by atoms with E-state index in [1.165, 1.54) is 10.9 Å². The summed E-state index contributed by atoms with van der Waals surface area (Å²) in [4.78, 5) is 38.8. The lowest BCUT2D eigenvalue weighted by Crippen LogP contribution is -2.52. The average molecular weight is 514 g/mol. The zero-order valence-electron chi connectivity index (χ0n) is 21.5. The molecular weight excluding hydrogens is 482 g/mol. The molecule has 2 aromatic heterocycles. The van der Waals surface area contributed by atoms with Crippen molar-refractivity contribution in [1.82, 2.24) is 28.9 Å². The summed E-state index contributed by atoms with van der Waals surface area (Å²) in [7, 11) is 0. The number of anilines is 1. The highest BCUT2D eigenvalue weighted by atomic mass is 16.5. The zero-order chi connectivity index (χ0) is 26.6. The summed E-state index contributed by atoms with van der Waals surface area (Å²) in [5, 5.41) is 0. The smallest absolute Gasteiger partial charge is 0.335 e. The van der Waals surface area contributed by atoms with Gasteiger partial charge in [0.25, 0.3) is 0 Å². The summed E-state index contributed by atoms with van der Waals surface area (Å²) >= 11 is 0. The molecule has 10 nitrogen and oxygen atoms in total. The Morgan fingerprint density at radius 3 is 2.42 bits per heavy atom. The van der Waals surface area contributed by atoms with Gasteiger partial charge >= 0.3 is 5.69 Å². The number of carbonyl (C=O) groups is 1. The molecule has 1 aliphatic heterocycles. The molecule has 10 heteroatoms. The first-order valence-corrected chi connectivity index (χ1v) is 12.7. The molecule has 1 fully saturated rings. The first-order valence-electron chi connectivity index (χ1n) is 12.7. The van der Waals surface area contributed by atoms with Gasteiger partial charge in [0.05, 0.1) is 11.7 Å². The Kier molecular flexibility index (Phi) is 7.23. The van der Waals surface area contributed by atoms with Gasteiger partial charge in [0.2, 0.25) is 5.91 Å². The highest BCUT2D eigenvalue weighted by Crippen LogP contribution is 2.28. The number of ether oxygens (including phenoxy) is 1. The van der Waals surface area contributed by atoms with Crippen molar-refractivity contribution in [2.45, 2.75) is 19.9 Å². The molecule has 2 aromatic carbocycles. The molecule has 0 unspecified atom stereocenters. The minimum atomic E-state index is -0.280. The van der Waals surface area contributed by atoms with E-state index in [2.05, 4.69) is 28.7 Å². The van der Waals surface area contributed by atoms with Gasteiger partial charge < -0.3 is 20.3 Å². The zero-order valence-corrected chi connectivity index (χ0v) is 21.5. The van der Waals surface area contributed by atoms with E-state index in [-0.39, 0.29) is 23.5 Å². The molecule has 5 rings (SSSR count). The normalized spacial score (nSPS) is 13.9. The van der Waals surface area contributed by atoms with Crippen molar-refractivity contribution >= 4 is 22.9 Å². The van der Waals surface area contributed by atoms with Crippen molar-refractivity contribution in [1.29, 1.82) is 0 Å². The van der Waals surface area contributed by atoms with Crippen molar-refractivity contribution in [2.75, 3.05) is 38.5 Å². The molecule has 2 N–H and O–H groups in total. The van der Waals surface area contributed by atoms with E-state index in [0.29, 0.717) is 35.7 Å². The Morgan fingerprint density at radius 2 is 1.74 bits per heavy atom. The van der Waals surface area contributed by atoms with Crippen LogP contribution in [0.25, 0.3) is 16.9 Å². The number of likely N-dealkylation sites (tertiary alicyclic amines) is 1. The van der Waals surface area contributed by atoms with Crippen LogP contribution in [0.15, 0.2) is 77.9 Å². The molecule has 38 heavy (non-hydrogen) atoms. The maximum absolute atomic E-state index is 13.7. The molecule has 0 saturated carbocycles. The number of nitrogens with zero attached hydrogens (tertiary/aromatic N) is 6. The number of hydrogen-bond donors (Lipinski definition) is 1. The van der Waals surface area contributed by atoms with E-state index < -0.39 is 0 Å². The van der Waals surface area contributed by atoms with E-state index in [0.717, 1.165) is 25.4 Å². The predicted octanol–water partition coefficient (Wildman–Crippen LogP) is 3.24. The maximum Gasteiger partial charge on any atom is 0.335 e. The quantitative estimate of drug-likeness (QED) is 0.342. The largest absolute Gasteiger partial charge is 0.457 e. The highest BCUT2D eigenvalue weighted by Gasteiger charge is 2.35. The van der Waals surface area contributed by atoms with Crippen LogP contribution in [0, 0.1) is 0 Å². The molecule has 1 saturated heterocycles. The second kappa shape index (κ2) is 10.9. The SMILES string of the molecule is CCN(CC)C/C=C/C(=O)N1CC(n2c(=O)n(-c3ccc(Oc4ccccc4)cc3)c3c(N)ncnc32)C1. The standard InChI is InChI=1S/C28H31N7O3/c1-3-32(4-2)16-8-11-24(36)33-17-21(18-33)35-27-25(26(29)30-19-31-27)34(28(35)37)20-12-14-23(15-13-20)38-22-9-6-5-7-10-22/h5-15,19,21H,3-4,16-18H2,1-2H3,(H2,29,30,31)/b11-8+. The molecule has 1 amide bonds. The summed E-state index contributed by atoms with van der Waals surface area (Å²) in [6, 6.07) is 16.5. The average Bonchev–Trinajstić information content (AvgIpc) is 3.20. The monoisotopic (exact) mass is 513 g/mol. The fraction of sp³-hybridized carbons (Fsp3) is 0.286. The number of carbonyl (C=O) groups excluding carboxylic acids is 1. The fourth-order valence-corrected chi connectivity index (χ4v) is 4.61. The molecule has 0 spiro atoms. The van der Waals surface area contributed by atoms with Gasteiger partial charge in [-0.15, -0.1) is 0 Å². The predicted molar refractivity (Wildman–Crippen MR) is 147 cm³/mol. The van der Waals surface area contributed by atoms with Crippen LogP contribution in [0.5, 0.6) is 11.5 Å². The number of nitrogens with two attached hydrogens (primary N) is 1. The van der Waals surface area contributed by atoms with E-state index >= 15 is 0 Å². The number of fused-ring (bicyclic) bond motifs is 1. The Morgan fingerprint density at radius 1 is 1.05 bits per heavy atom. The van der Waals surface area contributed by atoms with Gasteiger partial charge in [-0.3, -0.25) is 13.9 Å². The van der Waals surface area contributed by atoms with Gasteiger partial charge in [-0.05, 0) is 49.5 Å². The van der Waals surface area contributed by atoms with Crippen molar-refractivity contribution in [3.63, 3.8) is 0 Å². The third kappa shape index (κ3) is 4.90. The van der Waals surface area contributed by atoms with Crippen molar-refractivity contribution in [3.05, 3.63) is 83.6 Å². The highest BCUT2D eigenvalue weighted by molar-refractivity contribution is 5.88. The molecule has 0 bridgehead atoms. The fourth-order valence-electron chi connectivity index (χ4n) is 4.61. The van der Waals surface area contributed by atoms with Crippen LogP contribution in [0.4, 0.5) is 5.82 Å². The molecule has 0 atom stereocenters. The van der Waals surface area contributed by atoms with E-state index in [4.69, 9.17) is 10.5 Å². The maximum atomic E-state index is 13.7. The summed E-state index contributed by atoms with van der Waals surface area (Å²) < 4.78 is 9.02. The Hall–Kier alpha value is -4.44. The van der Waals surface area contributed by atoms with Gasteiger partial charge in [0, 0.05) is 25.7 Å². The Balaban J connectivity index is 1.38. The topological polar surface area (TPSA) is 112 Å². The van der Waals surface area contributed by atoms with E-state index in [1.807, 2.05) is 36.4 Å². The van der Waals surface area contributed by atoms with Gasteiger partial charge in [-0.2, -0.15) is 0 Å². The molecular formula is C28H31N7O3. The molecule has 0 radical (unpaired) electrons. The summed E-state index contributed by atoms with van der Waals surface area (Å²) in [6.07, 6.45) is 4.85. The number of hydrogen-bond acceptors (Lipinski definition) is 7. The Bertz CT molecular complexity index is 1500. The summed E-state index contributed by atoms with van der Waals surface area (Å²) in [6.45, 7) is 7.62. The van der Waals surface area contributed by atoms with Crippen LogP contribution >= 0.6 is 0 Å². The lowest BCUT2D eigenvalue weighted by atomic mass is 10.1.